The van der Waals surface area contributed by atoms with E-state index in [4.69, 9.17) is 0 Å². The maximum absolute atomic E-state index is 4.42. The van der Waals surface area contributed by atoms with Crippen LogP contribution in [0.4, 0.5) is 5.69 Å². The van der Waals surface area contributed by atoms with Crippen molar-refractivity contribution in [1.29, 1.82) is 0 Å². The Morgan fingerprint density at radius 3 is 2.67 bits per heavy atom. The molecular weight excluding hydrogens is 376 g/mol. The number of nitrogens with zero attached hydrogens (tertiary/aromatic N) is 1. The summed E-state index contributed by atoms with van der Waals surface area (Å²) in [4.78, 5) is 4.42. The zero-order valence-corrected chi connectivity index (χ0v) is 11.3. The van der Waals surface area contributed by atoms with Crippen molar-refractivity contribution < 1.29 is 0 Å². The third kappa shape index (κ3) is 3.01. The summed E-state index contributed by atoms with van der Waals surface area (Å²) in [7, 11) is 0. The third-order valence-corrected chi connectivity index (χ3v) is 2.53. The zero-order valence-electron chi connectivity index (χ0n) is 6.94. The molecule has 0 heterocycles. The van der Waals surface area contributed by atoms with Gasteiger partial charge in [0.05, 0.1) is 9.41 Å². The van der Waals surface area contributed by atoms with Crippen molar-refractivity contribution in [2.24, 2.45) is 4.99 Å². The maximum Gasteiger partial charge on any atom is 0.0774 e. The number of rotatable bonds is 1. The van der Waals surface area contributed by atoms with E-state index in [0.717, 1.165) is 9.41 Å². The second-order valence-corrected chi connectivity index (χ2v) is 5.29. The second kappa shape index (κ2) is 4.55. The van der Waals surface area contributed by atoms with Crippen LogP contribution in [0, 0.1) is 10.5 Å². The van der Waals surface area contributed by atoms with Crippen LogP contribution in [0.1, 0.15) is 12.5 Å². The number of aliphatic imine (C=N–C) groups is 1. The molecule has 1 aromatic carbocycles. The highest BCUT2D eigenvalue weighted by Gasteiger charge is 1.97. The molecule has 0 aromatic heterocycles. The van der Waals surface area contributed by atoms with E-state index in [0.29, 0.717) is 0 Å². The topological polar surface area (TPSA) is 12.4 Å². The van der Waals surface area contributed by atoms with E-state index in [1.54, 1.807) is 0 Å². The predicted octanol–water partition coefficient (Wildman–Crippen LogP) is 4.08. The van der Waals surface area contributed by atoms with E-state index in [-0.39, 0.29) is 0 Å². The number of hydrogen-bond donors (Lipinski definition) is 0. The fourth-order valence-electron chi connectivity index (χ4n) is 0.874. The minimum Gasteiger partial charge on any atom is -0.246 e. The van der Waals surface area contributed by atoms with Crippen molar-refractivity contribution >= 4 is 54.6 Å². The van der Waals surface area contributed by atoms with Crippen LogP contribution in [0.25, 0.3) is 0 Å². The molecule has 3 heteroatoms. The summed E-state index contributed by atoms with van der Waals surface area (Å²) in [5.74, 6) is 0. The minimum absolute atomic E-state index is 1.07. The van der Waals surface area contributed by atoms with Gasteiger partial charge in [-0.25, -0.2) is 4.99 Å². The Kier molecular flexibility index (Phi) is 3.95. The van der Waals surface area contributed by atoms with Gasteiger partial charge in [-0.2, -0.15) is 0 Å². The van der Waals surface area contributed by atoms with Crippen molar-refractivity contribution in [2.45, 2.75) is 13.8 Å². The van der Waals surface area contributed by atoms with E-state index >= 15 is 0 Å². The first-order valence-corrected chi connectivity index (χ1v) is 5.72. The number of hydrogen-bond acceptors (Lipinski definition) is 1. The normalized spacial score (nSPS) is 11.8. The van der Waals surface area contributed by atoms with Crippen molar-refractivity contribution in [2.75, 3.05) is 0 Å². The average Bonchev–Trinajstić information content (AvgIpc) is 1.96. The highest BCUT2D eigenvalue weighted by molar-refractivity contribution is 14.1. The smallest absolute Gasteiger partial charge is 0.0774 e. The van der Waals surface area contributed by atoms with Crippen LogP contribution < -0.4 is 0 Å². The van der Waals surface area contributed by atoms with Crippen LogP contribution in [0.3, 0.4) is 0 Å². The van der Waals surface area contributed by atoms with Gasteiger partial charge in [0.2, 0.25) is 0 Å². The maximum atomic E-state index is 4.42. The van der Waals surface area contributed by atoms with Gasteiger partial charge in [0.1, 0.15) is 0 Å². The first-order valence-electron chi connectivity index (χ1n) is 3.56. The van der Waals surface area contributed by atoms with Gasteiger partial charge in [-0.1, -0.05) is 6.07 Å². The fourth-order valence-corrected chi connectivity index (χ4v) is 1.59. The van der Waals surface area contributed by atoms with Gasteiger partial charge in [0.15, 0.2) is 0 Å². The van der Waals surface area contributed by atoms with Crippen molar-refractivity contribution in [3.63, 3.8) is 0 Å². The lowest BCUT2D eigenvalue weighted by Crippen LogP contribution is -1.79. The summed E-state index contributed by atoms with van der Waals surface area (Å²) in [6, 6.07) is 6.29. The van der Waals surface area contributed by atoms with Crippen LogP contribution >= 0.6 is 45.2 Å². The molecule has 64 valence electrons. The zero-order chi connectivity index (χ0) is 9.14. The lowest BCUT2D eigenvalue weighted by Gasteiger charge is -1.99. The van der Waals surface area contributed by atoms with E-state index < -0.39 is 0 Å². The van der Waals surface area contributed by atoms with Gasteiger partial charge in [0.25, 0.3) is 0 Å². The Morgan fingerprint density at radius 1 is 1.42 bits per heavy atom. The standard InChI is InChI=1S/C9H9I2N/c1-6-3-4-8(11)9(5-6)12-7(2)10/h3-5H,1-2H3. The molecule has 0 fully saturated rings. The Labute approximate surface area is 99.9 Å². The van der Waals surface area contributed by atoms with E-state index in [2.05, 4.69) is 75.3 Å². The third-order valence-electron chi connectivity index (χ3n) is 1.38. The number of aryl methyl sites for hydroxylation is 1. The molecule has 0 aliphatic heterocycles. The SMILES string of the molecule is CC(I)=Nc1cc(C)ccc1I. The molecule has 0 amide bonds. The molecule has 0 aliphatic rings. The summed E-state index contributed by atoms with van der Waals surface area (Å²) < 4.78 is 2.27. The quantitative estimate of drug-likeness (QED) is 0.511. The summed E-state index contributed by atoms with van der Waals surface area (Å²) >= 11 is 4.52. The second-order valence-electron chi connectivity index (χ2n) is 2.56. The van der Waals surface area contributed by atoms with Gasteiger partial charge in [-0.3, -0.25) is 0 Å². The van der Waals surface area contributed by atoms with Gasteiger partial charge >= 0.3 is 0 Å². The molecule has 0 atom stereocenters. The Bertz CT molecular complexity index is 314. The highest BCUT2D eigenvalue weighted by atomic mass is 127. The molecular formula is C9H9I2N. The molecule has 0 aliphatic carbocycles. The summed E-state index contributed by atoms with van der Waals surface area (Å²) in [6.07, 6.45) is 0. The Morgan fingerprint density at radius 2 is 2.08 bits per heavy atom. The monoisotopic (exact) mass is 385 g/mol. The first kappa shape index (κ1) is 10.4. The molecule has 0 radical (unpaired) electrons. The fraction of sp³-hybridized carbons (Fsp3) is 0.222. The summed E-state index contributed by atoms with van der Waals surface area (Å²) in [5, 5.41) is 0. The van der Waals surface area contributed by atoms with Gasteiger partial charge < -0.3 is 0 Å². The summed E-state index contributed by atoms with van der Waals surface area (Å²) in [6.45, 7) is 4.08. The highest BCUT2D eigenvalue weighted by Crippen LogP contribution is 2.23. The van der Waals surface area contributed by atoms with E-state index in [1.807, 2.05) is 6.92 Å². The molecule has 12 heavy (non-hydrogen) atoms. The molecule has 0 bridgehead atoms. The van der Waals surface area contributed by atoms with Crippen molar-refractivity contribution in [3.05, 3.63) is 27.3 Å². The lowest BCUT2D eigenvalue weighted by atomic mass is 10.2. The van der Waals surface area contributed by atoms with E-state index in [1.165, 1.54) is 9.13 Å². The lowest BCUT2D eigenvalue weighted by molar-refractivity contribution is 1.41. The molecule has 0 spiro atoms. The first-order chi connectivity index (χ1) is 5.59. The Hall–Kier alpha value is 0.350. The van der Waals surface area contributed by atoms with Gasteiger partial charge in [-0.05, 0) is 76.7 Å². The largest absolute Gasteiger partial charge is 0.246 e. The van der Waals surface area contributed by atoms with Crippen LogP contribution in [-0.4, -0.2) is 3.72 Å². The average molecular weight is 385 g/mol. The van der Waals surface area contributed by atoms with Crippen LogP contribution in [0.15, 0.2) is 23.2 Å². The molecule has 0 saturated carbocycles. The van der Waals surface area contributed by atoms with Crippen molar-refractivity contribution in [1.82, 2.24) is 0 Å². The van der Waals surface area contributed by atoms with Crippen LogP contribution in [-0.2, 0) is 0 Å². The predicted molar refractivity (Wildman–Crippen MR) is 70.7 cm³/mol. The molecule has 1 nitrogen and oxygen atoms in total. The number of benzene rings is 1. The minimum atomic E-state index is 1.07. The van der Waals surface area contributed by atoms with Gasteiger partial charge in [-0.15, -0.1) is 0 Å². The molecule has 0 unspecified atom stereocenters. The molecule has 0 N–H and O–H groups in total. The van der Waals surface area contributed by atoms with Gasteiger partial charge in [0, 0.05) is 3.57 Å². The van der Waals surface area contributed by atoms with Crippen LogP contribution in [0.5, 0.6) is 0 Å². The van der Waals surface area contributed by atoms with E-state index in [9.17, 15) is 0 Å². The molecule has 1 rings (SSSR count). The molecule has 1 aromatic rings. The van der Waals surface area contributed by atoms with Crippen molar-refractivity contribution in [3.8, 4) is 0 Å². The van der Waals surface area contributed by atoms with Crippen LogP contribution in [0.2, 0.25) is 0 Å². The summed E-state index contributed by atoms with van der Waals surface area (Å²) in [5.41, 5.74) is 2.33. The molecule has 0 saturated heterocycles. The number of halogens is 2. The Balaban J connectivity index is 3.14.